The van der Waals surface area contributed by atoms with Crippen LogP contribution in [-0.4, -0.2) is 54.4 Å². The van der Waals surface area contributed by atoms with Crippen molar-refractivity contribution in [3.05, 3.63) is 0 Å². The Morgan fingerprint density at radius 3 is 2.44 bits per heavy atom. The third-order valence-electron chi connectivity index (χ3n) is 6.83. The minimum absolute atomic E-state index is 0.0370. The lowest BCUT2D eigenvalue weighted by Crippen LogP contribution is -2.43. The number of rotatable bonds is 17. The Morgan fingerprint density at radius 1 is 1.03 bits per heavy atom. The largest absolute Gasteiger partial charge is 0.481 e. The average molecular weight is 455 g/mol. The summed E-state index contributed by atoms with van der Waals surface area (Å²) in [5.41, 5.74) is -0.656. The Kier molecular flexibility index (Phi) is 14.7. The van der Waals surface area contributed by atoms with E-state index in [1.807, 2.05) is 18.7 Å². The van der Waals surface area contributed by atoms with Crippen LogP contribution in [0.25, 0.3) is 0 Å². The molecule has 1 fully saturated rings. The van der Waals surface area contributed by atoms with E-state index in [4.69, 9.17) is 4.74 Å². The molecule has 0 unspecified atom stereocenters. The Balaban J connectivity index is 2.41. The second-order valence-electron chi connectivity index (χ2n) is 10.2. The van der Waals surface area contributed by atoms with Gasteiger partial charge >= 0.3 is 12.0 Å². The first-order chi connectivity index (χ1) is 15.3. The van der Waals surface area contributed by atoms with E-state index in [1.54, 1.807) is 0 Å². The monoisotopic (exact) mass is 454 g/mol. The molecule has 0 aromatic rings. The number of nitrogens with one attached hydrogen (secondary N) is 1. The second-order valence-corrected chi connectivity index (χ2v) is 10.2. The normalized spacial score (nSPS) is 19.0. The van der Waals surface area contributed by atoms with Gasteiger partial charge in [-0.1, -0.05) is 58.8 Å². The van der Waals surface area contributed by atoms with Crippen molar-refractivity contribution in [1.29, 1.82) is 0 Å². The van der Waals surface area contributed by atoms with E-state index in [0.29, 0.717) is 25.5 Å². The van der Waals surface area contributed by atoms with Crippen LogP contribution in [-0.2, 0) is 9.53 Å². The first-order valence-electron chi connectivity index (χ1n) is 13.2. The van der Waals surface area contributed by atoms with Crippen LogP contribution >= 0.6 is 0 Å². The van der Waals surface area contributed by atoms with E-state index in [2.05, 4.69) is 19.2 Å². The fraction of sp³-hybridized carbons (Fsp3) is 0.923. The molecule has 0 heterocycles. The number of carboxylic acid groups (broad SMARTS) is 1. The molecular weight excluding hydrogens is 404 g/mol. The third-order valence-corrected chi connectivity index (χ3v) is 6.83. The highest BCUT2D eigenvalue weighted by atomic mass is 16.5. The smallest absolute Gasteiger partial charge is 0.317 e. The number of urea groups is 1. The number of carbonyl (C=O) groups excluding carboxylic acids is 1. The van der Waals surface area contributed by atoms with E-state index in [9.17, 15) is 14.7 Å². The Hall–Kier alpha value is -1.30. The second kappa shape index (κ2) is 16.3. The van der Waals surface area contributed by atoms with Crippen molar-refractivity contribution in [3.8, 4) is 0 Å². The highest BCUT2D eigenvalue weighted by molar-refractivity contribution is 5.74. The van der Waals surface area contributed by atoms with E-state index in [-0.39, 0.29) is 12.1 Å². The molecule has 0 aromatic carbocycles. The van der Waals surface area contributed by atoms with Gasteiger partial charge < -0.3 is 20.1 Å². The van der Waals surface area contributed by atoms with Gasteiger partial charge in [0.2, 0.25) is 0 Å². The van der Waals surface area contributed by atoms with Crippen LogP contribution in [0.5, 0.6) is 0 Å². The lowest BCUT2D eigenvalue weighted by molar-refractivity contribution is -0.147. The molecule has 1 aliphatic rings. The molecular formula is C26H50N2O4. The van der Waals surface area contributed by atoms with Gasteiger partial charge in [0.1, 0.15) is 0 Å². The topological polar surface area (TPSA) is 78.9 Å². The molecule has 32 heavy (non-hydrogen) atoms. The number of carboxylic acids is 1. The van der Waals surface area contributed by atoms with Gasteiger partial charge in [0.25, 0.3) is 0 Å². The Morgan fingerprint density at radius 2 is 1.75 bits per heavy atom. The van der Waals surface area contributed by atoms with Crippen molar-refractivity contribution in [2.45, 2.75) is 117 Å². The summed E-state index contributed by atoms with van der Waals surface area (Å²) < 4.78 is 6.21. The zero-order chi connectivity index (χ0) is 23.8. The van der Waals surface area contributed by atoms with E-state index in [1.165, 1.54) is 32.1 Å². The van der Waals surface area contributed by atoms with Crippen molar-refractivity contribution < 1.29 is 19.4 Å². The lowest BCUT2D eigenvalue weighted by atomic mass is 9.79. The molecule has 188 valence electrons. The van der Waals surface area contributed by atoms with Crippen molar-refractivity contribution in [2.24, 2.45) is 11.3 Å². The van der Waals surface area contributed by atoms with Gasteiger partial charge in [-0.05, 0) is 58.3 Å². The highest BCUT2D eigenvalue weighted by Gasteiger charge is 2.30. The fourth-order valence-electron chi connectivity index (χ4n) is 4.36. The summed E-state index contributed by atoms with van der Waals surface area (Å²) in [6.45, 7) is 10.7. The fourth-order valence-corrected chi connectivity index (χ4v) is 4.36. The predicted octanol–water partition coefficient (Wildman–Crippen LogP) is 6.23. The third kappa shape index (κ3) is 12.1. The minimum atomic E-state index is -0.715. The molecule has 2 atom stereocenters. The van der Waals surface area contributed by atoms with Gasteiger partial charge in [0.05, 0.1) is 18.1 Å². The van der Waals surface area contributed by atoms with E-state index < -0.39 is 11.4 Å². The molecule has 6 nitrogen and oxygen atoms in total. The number of ether oxygens (including phenoxy) is 1. The van der Waals surface area contributed by atoms with Gasteiger partial charge in [-0.25, -0.2) is 4.79 Å². The maximum atomic E-state index is 12.6. The summed E-state index contributed by atoms with van der Waals surface area (Å²) in [6, 6.07) is 0.0370. The summed E-state index contributed by atoms with van der Waals surface area (Å²) in [6.07, 6.45) is 14.3. The van der Waals surface area contributed by atoms with Crippen molar-refractivity contribution in [1.82, 2.24) is 10.2 Å². The van der Waals surface area contributed by atoms with Gasteiger partial charge in [-0.3, -0.25) is 4.79 Å². The lowest BCUT2D eigenvalue weighted by Gasteiger charge is -2.31. The van der Waals surface area contributed by atoms with Crippen LogP contribution in [0.1, 0.15) is 111 Å². The summed E-state index contributed by atoms with van der Waals surface area (Å²) in [7, 11) is 0. The van der Waals surface area contributed by atoms with Crippen LogP contribution in [0, 0.1) is 11.3 Å². The summed E-state index contributed by atoms with van der Waals surface area (Å²) in [5, 5.41) is 12.4. The standard InChI is InChI=1S/C26H50N2O4/c1-5-7-9-10-11-18-28(25(31)27-17-8-6-2)19-20-32-23-14-12-13-22(21-23)15-16-26(3,4)24(29)30/h22-23H,5-21H2,1-4H3,(H,27,31)(H,29,30)/t22-,23-/m1/s1. The molecule has 1 saturated carbocycles. The van der Waals surface area contributed by atoms with Crippen molar-refractivity contribution >= 4 is 12.0 Å². The zero-order valence-electron chi connectivity index (χ0n) is 21.3. The highest BCUT2D eigenvalue weighted by Crippen LogP contribution is 2.33. The molecule has 1 aliphatic carbocycles. The number of aliphatic carboxylic acids is 1. The summed E-state index contributed by atoms with van der Waals surface area (Å²) in [4.78, 5) is 25.9. The number of nitrogens with zero attached hydrogens (tertiary/aromatic N) is 1. The van der Waals surface area contributed by atoms with Crippen molar-refractivity contribution in [3.63, 3.8) is 0 Å². The number of unbranched alkanes of at least 4 members (excludes halogenated alkanes) is 5. The Bertz CT molecular complexity index is 524. The van der Waals surface area contributed by atoms with E-state index in [0.717, 1.165) is 58.0 Å². The van der Waals surface area contributed by atoms with Crippen LogP contribution in [0.15, 0.2) is 0 Å². The van der Waals surface area contributed by atoms with Crippen LogP contribution < -0.4 is 5.32 Å². The van der Waals surface area contributed by atoms with Gasteiger partial charge in [-0.15, -0.1) is 0 Å². The number of hydrogen-bond acceptors (Lipinski definition) is 3. The maximum Gasteiger partial charge on any atom is 0.317 e. The molecule has 0 spiro atoms. The molecule has 0 bridgehead atoms. The SMILES string of the molecule is CCCCCCCN(CCO[C@@H]1CCC[C@H](CCC(C)(C)C(=O)O)C1)C(=O)NCCCC. The van der Waals surface area contributed by atoms with Crippen LogP contribution in [0.2, 0.25) is 0 Å². The molecule has 6 heteroatoms. The van der Waals surface area contributed by atoms with Gasteiger partial charge in [0.15, 0.2) is 0 Å². The molecule has 0 radical (unpaired) electrons. The first-order valence-corrected chi connectivity index (χ1v) is 13.2. The first kappa shape index (κ1) is 28.7. The summed E-state index contributed by atoms with van der Waals surface area (Å²) in [5.74, 6) is -0.174. The average Bonchev–Trinajstić information content (AvgIpc) is 2.76. The quantitative estimate of drug-likeness (QED) is 0.255. The molecule has 0 aliphatic heterocycles. The van der Waals surface area contributed by atoms with Crippen LogP contribution in [0.4, 0.5) is 4.79 Å². The molecule has 0 saturated heterocycles. The Labute approximate surface area is 196 Å². The van der Waals surface area contributed by atoms with Gasteiger partial charge in [-0.2, -0.15) is 0 Å². The van der Waals surface area contributed by atoms with Gasteiger partial charge in [0, 0.05) is 19.6 Å². The maximum absolute atomic E-state index is 12.6. The van der Waals surface area contributed by atoms with E-state index >= 15 is 0 Å². The van der Waals surface area contributed by atoms with Crippen molar-refractivity contribution in [2.75, 3.05) is 26.2 Å². The minimum Gasteiger partial charge on any atom is -0.481 e. The number of hydrogen-bond donors (Lipinski definition) is 2. The molecule has 0 aromatic heterocycles. The summed E-state index contributed by atoms with van der Waals surface area (Å²) >= 11 is 0. The molecule has 1 rings (SSSR count). The molecule has 2 amide bonds. The number of carbonyl (C=O) groups is 2. The number of amides is 2. The molecule has 2 N–H and O–H groups in total. The zero-order valence-corrected chi connectivity index (χ0v) is 21.3. The predicted molar refractivity (Wildman–Crippen MR) is 131 cm³/mol. The van der Waals surface area contributed by atoms with Crippen LogP contribution in [0.3, 0.4) is 0 Å².